The van der Waals surface area contributed by atoms with E-state index in [1.165, 1.54) is 0 Å². The number of hydrogen-bond acceptors (Lipinski definition) is 3. The number of anilines is 1. The van der Waals surface area contributed by atoms with Gasteiger partial charge in [-0.3, -0.25) is 0 Å². The number of aliphatic hydroxyl groups is 2. The Balaban J connectivity index is 2.55. The molecule has 78 valence electrons. The van der Waals surface area contributed by atoms with Crippen molar-refractivity contribution in [3.05, 3.63) is 27.7 Å². The molecule has 1 rings (SSSR count). The first-order chi connectivity index (χ1) is 6.63. The first kappa shape index (κ1) is 11.8. The van der Waals surface area contributed by atoms with Crippen LogP contribution in [0.3, 0.4) is 0 Å². The Bertz CT molecular complexity index is 309. The van der Waals surface area contributed by atoms with Crippen LogP contribution in [0.5, 0.6) is 0 Å². The van der Waals surface area contributed by atoms with Crippen molar-refractivity contribution < 1.29 is 10.2 Å². The Morgan fingerprint density at radius 1 is 1.50 bits per heavy atom. The van der Waals surface area contributed by atoms with Gasteiger partial charge in [-0.2, -0.15) is 0 Å². The average molecular weight is 281 g/mol. The summed E-state index contributed by atoms with van der Waals surface area (Å²) < 4.78 is 0.826. The summed E-state index contributed by atoms with van der Waals surface area (Å²) in [4.78, 5) is 0. The van der Waals surface area contributed by atoms with E-state index in [1.807, 2.05) is 12.1 Å². The highest BCUT2D eigenvalue weighted by Crippen LogP contribution is 2.25. The standard InChI is InChI=1S/C9H11BrClNO2/c10-8-2-1-6(3-9(8)11)12-4-7(14)5-13/h1-3,7,12-14H,4-5H2. The Morgan fingerprint density at radius 3 is 2.79 bits per heavy atom. The molecule has 3 N–H and O–H groups in total. The SMILES string of the molecule is OCC(O)CNc1ccc(Br)c(Cl)c1. The molecule has 0 spiro atoms. The molecule has 0 saturated carbocycles. The normalized spacial score (nSPS) is 12.6. The lowest BCUT2D eigenvalue weighted by Gasteiger charge is -2.10. The minimum Gasteiger partial charge on any atom is -0.394 e. The fourth-order valence-electron chi connectivity index (χ4n) is 0.906. The molecular weight excluding hydrogens is 269 g/mol. The molecule has 14 heavy (non-hydrogen) atoms. The predicted octanol–water partition coefficient (Wildman–Crippen LogP) is 1.87. The van der Waals surface area contributed by atoms with E-state index in [2.05, 4.69) is 21.2 Å². The number of rotatable bonds is 4. The zero-order valence-corrected chi connectivity index (χ0v) is 9.72. The van der Waals surface area contributed by atoms with Gasteiger partial charge in [0.2, 0.25) is 0 Å². The van der Waals surface area contributed by atoms with Crippen LogP contribution >= 0.6 is 27.5 Å². The molecule has 0 aliphatic rings. The van der Waals surface area contributed by atoms with Crippen LogP contribution in [0.15, 0.2) is 22.7 Å². The molecule has 0 aromatic heterocycles. The maximum absolute atomic E-state index is 9.09. The molecule has 0 radical (unpaired) electrons. The highest BCUT2D eigenvalue weighted by Gasteiger charge is 2.02. The number of hydrogen-bond donors (Lipinski definition) is 3. The highest BCUT2D eigenvalue weighted by atomic mass is 79.9. The summed E-state index contributed by atoms with van der Waals surface area (Å²) in [5.41, 5.74) is 0.811. The van der Waals surface area contributed by atoms with E-state index >= 15 is 0 Å². The number of halogens is 2. The van der Waals surface area contributed by atoms with Gasteiger partial charge in [-0.15, -0.1) is 0 Å². The highest BCUT2D eigenvalue weighted by molar-refractivity contribution is 9.10. The summed E-state index contributed by atoms with van der Waals surface area (Å²) in [7, 11) is 0. The largest absolute Gasteiger partial charge is 0.394 e. The van der Waals surface area contributed by atoms with E-state index in [-0.39, 0.29) is 6.61 Å². The summed E-state index contributed by atoms with van der Waals surface area (Å²) in [5.74, 6) is 0. The third-order valence-corrected chi connectivity index (χ3v) is 2.90. The molecule has 0 amide bonds. The van der Waals surface area contributed by atoms with Crippen LogP contribution in [0.2, 0.25) is 5.02 Å². The van der Waals surface area contributed by atoms with Crippen molar-refractivity contribution in [2.75, 3.05) is 18.5 Å². The monoisotopic (exact) mass is 279 g/mol. The van der Waals surface area contributed by atoms with E-state index in [9.17, 15) is 0 Å². The van der Waals surface area contributed by atoms with E-state index in [0.29, 0.717) is 11.6 Å². The molecule has 5 heteroatoms. The van der Waals surface area contributed by atoms with Crippen LogP contribution in [-0.2, 0) is 0 Å². The second kappa shape index (κ2) is 5.56. The van der Waals surface area contributed by atoms with Gasteiger partial charge in [-0.05, 0) is 34.1 Å². The van der Waals surface area contributed by atoms with Gasteiger partial charge in [0.25, 0.3) is 0 Å². The molecule has 0 heterocycles. The average Bonchev–Trinajstić information content (AvgIpc) is 2.19. The van der Waals surface area contributed by atoms with Gasteiger partial charge in [0.15, 0.2) is 0 Å². The van der Waals surface area contributed by atoms with Gasteiger partial charge < -0.3 is 15.5 Å². The number of aliphatic hydroxyl groups excluding tert-OH is 2. The van der Waals surface area contributed by atoms with Gasteiger partial charge in [-0.1, -0.05) is 11.6 Å². The lowest BCUT2D eigenvalue weighted by molar-refractivity contribution is 0.105. The van der Waals surface area contributed by atoms with E-state index in [0.717, 1.165) is 10.2 Å². The zero-order valence-electron chi connectivity index (χ0n) is 7.37. The summed E-state index contributed by atoms with van der Waals surface area (Å²) in [6.07, 6.45) is -0.752. The van der Waals surface area contributed by atoms with Crippen LogP contribution in [0, 0.1) is 0 Å². The Labute approximate surface area is 95.8 Å². The number of benzene rings is 1. The summed E-state index contributed by atoms with van der Waals surface area (Å²) >= 11 is 9.14. The van der Waals surface area contributed by atoms with Crippen LogP contribution in [0.1, 0.15) is 0 Å². The molecule has 0 aliphatic carbocycles. The Kier molecular flexibility index (Phi) is 4.68. The van der Waals surface area contributed by atoms with Crippen LogP contribution in [0.4, 0.5) is 5.69 Å². The van der Waals surface area contributed by atoms with E-state index < -0.39 is 6.10 Å². The van der Waals surface area contributed by atoms with Crippen molar-refractivity contribution in [2.24, 2.45) is 0 Å². The first-order valence-electron chi connectivity index (χ1n) is 4.11. The lowest BCUT2D eigenvalue weighted by Crippen LogP contribution is -2.22. The van der Waals surface area contributed by atoms with Crippen molar-refractivity contribution in [1.29, 1.82) is 0 Å². The van der Waals surface area contributed by atoms with Gasteiger partial charge in [0.05, 0.1) is 17.7 Å². The Morgan fingerprint density at radius 2 is 2.21 bits per heavy atom. The molecule has 0 bridgehead atoms. The number of nitrogens with one attached hydrogen (secondary N) is 1. The van der Waals surface area contributed by atoms with Crippen LogP contribution in [0.25, 0.3) is 0 Å². The maximum Gasteiger partial charge on any atom is 0.0942 e. The van der Waals surface area contributed by atoms with Crippen LogP contribution < -0.4 is 5.32 Å². The molecule has 0 aliphatic heterocycles. The van der Waals surface area contributed by atoms with Crippen molar-refractivity contribution in [1.82, 2.24) is 0 Å². The summed E-state index contributed by atoms with van der Waals surface area (Å²) in [5, 5.41) is 21.2. The van der Waals surface area contributed by atoms with Gasteiger partial charge in [-0.25, -0.2) is 0 Å². The molecule has 3 nitrogen and oxygen atoms in total. The van der Waals surface area contributed by atoms with E-state index in [1.54, 1.807) is 6.07 Å². The Hall–Kier alpha value is -0.290. The molecule has 0 fully saturated rings. The zero-order chi connectivity index (χ0) is 10.6. The topological polar surface area (TPSA) is 52.5 Å². The minimum atomic E-state index is -0.752. The van der Waals surface area contributed by atoms with Crippen molar-refractivity contribution >= 4 is 33.2 Å². The second-order valence-electron chi connectivity index (χ2n) is 2.85. The van der Waals surface area contributed by atoms with Crippen LogP contribution in [-0.4, -0.2) is 29.5 Å². The third kappa shape index (κ3) is 3.46. The molecule has 0 saturated heterocycles. The van der Waals surface area contributed by atoms with Gasteiger partial charge in [0, 0.05) is 16.7 Å². The lowest BCUT2D eigenvalue weighted by atomic mass is 10.3. The minimum absolute atomic E-state index is 0.253. The molecular formula is C9H11BrClNO2. The molecule has 1 aromatic rings. The van der Waals surface area contributed by atoms with Crippen molar-refractivity contribution in [3.63, 3.8) is 0 Å². The predicted molar refractivity (Wildman–Crippen MR) is 60.7 cm³/mol. The summed E-state index contributed by atoms with van der Waals surface area (Å²) in [6, 6.07) is 5.39. The second-order valence-corrected chi connectivity index (χ2v) is 4.11. The maximum atomic E-state index is 9.09. The first-order valence-corrected chi connectivity index (χ1v) is 5.28. The van der Waals surface area contributed by atoms with Crippen molar-refractivity contribution in [2.45, 2.75) is 6.10 Å². The fraction of sp³-hybridized carbons (Fsp3) is 0.333. The molecule has 1 aromatic carbocycles. The molecule has 1 atom stereocenters. The quantitative estimate of drug-likeness (QED) is 0.789. The van der Waals surface area contributed by atoms with Gasteiger partial charge >= 0.3 is 0 Å². The third-order valence-electron chi connectivity index (χ3n) is 1.67. The van der Waals surface area contributed by atoms with E-state index in [4.69, 9.17) is 21.8 Å². The summed E-state index contributed by atoms with van der Waals surface area (Å²) in [6.45, 7) is 0.0473. The van der Waals surface area contributed by atoms with Gasteiger partial charge in [0.1, 0.15) is 0 Å². The molecule has 1 unspecified atom stereocenters. The smallest absolute Gasteiger partial charge is 0.0942 e. The fourth-order valence-corrected chi connectivity index (χ4v) is 1.33. The van der Waals surface area contributed by atoms with Crippen molar-refractivity contribution in [3.8, 4) is 0 Å².